The van der Waals surface area contributed by atoms with Gasteiger partial charge in [-0.2, -0.15) is 0 Å². The number of anilines is 1. The summed E-state index contributed by atoms with van der Waals surface area (Å²) < 4.78 is 2.50. The minimum Gasteiger partial charge on any atom is -0.359 e. The van der Waals surface area contributed by atoms with E-state index in [1.165, 1.54) is 93.1 Å². The van der Waals surface area contributed by atoms with Crippen molar-refractivity contribution in [1.82, 2.24) is 4.57 Å². The molecule has 1 aromatic heterocycles. The van der Waals surface area contributed by atoms with Gasteiger partial charge in [0.1, 0.15) is 6.17 Å². The van der Waals surface area contributed by atoms with Crippen LogP contribution in [0.2, 0.25) is 0 Å². The number of nitrogens with one attached hydrogen (secondary N) is 1. The standard InChI is InChI=1S/C72H47N3/c1-3-16-46(17-4-1)55-41-56(47-18-5-2-6-19-47)43-57(42-55)49-30-33-51(34-31-49)71-64-27-13-14-29-66(64)73-72(74-71)63-28-15-23-53-44-58(37-38-59(53)63)75-67-39-36-50-21-9-10-24-60(50)69(67)70-62-26-12-11-25-61(62)65(45-68(70)75)54-35-32-48-20-7-8-22-52(48)40-54/h1-45,72-73H. The van der Waals surface area contributed by atoms with Crippen molar-refractivity contribution in [2.75, 3.05) is 5.32 Å². The van der Waals surface area contributed by atoms with Gasteiger partial charge in [0, 0.05) is 38.8 Å². The first-order valence-electron chi connectivity index (χ1n) is 25.9. The van der Waals surface area contributed by atoms with E-state index >= 15 is 0 Å². The molecule has 3 nitrogen and oxygen atoms in total. The van der Waals surface area contributed by atoms with Crippen LogP contribution in [0.25, 0.3) is 115 Å². The van der Waals surface area contributed by atoms with Crippen molar-refractivity contribution in [2.45, 2.75) is 6.17 Å². The zero-order valence-electron chi connectivity index (χ0n) is 41.0. The Morgan fingerprint density at radius 2 is 0.880 bits per heavy atom. The third-order valence-corrected chi connectivity index (χ3v) is 15.5. The van der Waals surface area contributed by atoms with Gasteiger partial charge in [-0.15, -0.1) is 0 Å². The van der Waals surface area contributed by atoms with Crippen LogP contribution in [0.15, 0.2) is 278 Å². The van der Waals surface area contributed by atoms with Crippen molar-refractivity contribution < 1.29 is 0 Å². The number of benzene rings is 13. The molecule has 2 heterocycles. The molecular weight excluding hydrogens is 907 g/mol. The second kappa shape index (κ2) is 17.4. The van der Waals surface area contributed by atoms with Gasteiger partial charge in [0.2, 0.25) is 0 Å². The molecule has 3 heteroatoms. The second-order valence-electron chi connectivity index (χ2n) is 19.9. The van der Waals surface area contributed by atoms with Crippen LogP contribution < -0.4 is 5.32 Å². The largest absolute Gasteiger partial charge is 0.359 e. The van der Waals surface area contributed by atoms with E-state index in [-0.39, 0.29) is 6.17 Å². The summed E-state index contributed by atoms with van der Waals surface area (Å²) in [7, 11) is 0. The summed E-state index contributed by atoms with van der Waals surface area (Å²) in [4.78, 5) is 5.59. The summed E-state index contributed by atoms with van der Waals surface area (Å²) in [6.45, 7) is 0. The van der Waals surface area contributed by atoms with E-state index in [0.717, 1.165) is 50.1 Å². The third kappa shape index (κ3) is 7.23. The minimum atomic E-state index is -0.310. The Balaban J connectivity index is 0.854. The van der Waals surface area contributed by atoms with E-state index in [1.807, 2.05) is 0 Å². The molecule has 1 aliphatic heterocycles. The molecule has 1 unspecified atom stereocenters. The topological polar surface area (TPSA) is 29.3 Å². The molecule has 0 aliphatic carbocycles. The summed E-state index contributed by atoms with van der Waals surface area (Å²) in [5.41, 5.74) is 18.4. The van der Waals surface area contributed by atoms with Crippen molar-refractivity contribution in [3.8, 4) is 50.2 Å². The SMILES string of the molecule is c1ccc(-c2cc(-c3ccccc3)cc(-c3ccc(C4=NC(c5cccc6cc(-n7c8ccc9ccccc9c8c8c9ccccc9c(-c9ccc%10ccccc%10c9)cc87)ccc56)Nc5ccccc54)cc3)c2)cc1. The molecule has 0 bridgehead atoms. The predicted octanol–water partition coefficient (Wildman–Crippen LogP) is 19.0. The summed E-state index contributed by atoms with van der Waals surface area (Å²) >= 11 is 0. The molecule has 1 atom stereocenters. The summed E-state index contributed by atoms with van der Waals surface area (Å²) in [6.07, 6.45) is -0.310. The molecule has 0 saturated heterocycles. The molecule has 14 aromatic rings. The van der Waals surface area contributed by atoms with E-state index in [9.17, 15) is 0 Å². The second-order valence-corrected chi connectivity index (χ2v) is 19.9. The average molecular weight is 954 g/mol. The van der Waals surface area contributed by atoms with Crippen LogP contribution in [-0.2, 0) is 0 Å². The number of aromatic nitrogens is 1. The lowest BCUT2D eigenvalue weighted by atomic mass is 9.92. The molecule has 350 valence electrons. The molecule has 1 N–H and O–H groups in total. The van der Waals surface area contributed by atoms with Crippen LogP contribution in [0.1, 0.15) is 22.9 Å². The van der Waals surface area contributed by atoms with Gasteiger partial charge in [0.15, 0.2) is 0 Å². The molecule has 75 heavy (non-hydrogen) atoms. The molecule has 0 spiro atoms. The van der Waals surface area contributed by atoms with Crippen molar-refractivity contribution in [2.24, 2.45) is 4.99 Å². The Hall–Kier alpha value is -9.83. The van der Waals surface area contributed by atoms with Gasteiger partial charge in [-0.25, -0.2) is 0 Å². The maximum absolute atomic E-state index is 5.59. The third-order valence-electron chi connectivity index (χ3n) is 15.5. The number of fused-ring (bicyclic) bond motifs is 10. The van der Waals surface area contributed by atoms with Crippen LogP contribution in [0.3, 0.4) is 0 Å². The Morgan fingerprint density at radius 1 is 0.307 bits per heavy atom. The Morgan fingerprint density at radius 3 is 1.64 bits per heavy atom. The highest BCUT2D eigenvalue weighted by Gasteiger charge is 2.25. The fraction of sp³-hybridized carbons (Fsp3) is 0.0139. The molecule has 0 radical (unpaired) electrons. The van der Waals surface area contributed by atoms with Gasteiger partial charge in [-0.3, -0.25) is 4.99 Å². The molecule has 0 amide bonds. The highest BCUT2D eigenvalue weighted by molar-refractivity contribution is 6.30. The summed E-state index contributed by atoms with van der Waals surface area (Å²) in [6, 6.07) is 99.8. The number of rotatable bonds is 7. The average Bonchev–Trinajstić information content (AvgIpc) is 3.93. The lowest BCUT2D eigenvalue weighted by molar-refractivity contribution is 0.836. The Kier molecular flexibility index (Phi) is 9.96. The lowest BCUT2D eigenvalue weighted by Gasteiger charge is -2.27. The summed E-state index contributed by atoms with van der Waals surface area (Å²) in [5, 5.41) is 16.2. The van der Waals surface area contributed by atoms with E-state index in [0.29, 0.717) is 0 Å². The van der Waals surface area contributed by atoms with Crippen molar-refractivity contribution >= 4 is 76.3 Å². The maximum atomic E-state index is 5.59. The van der Waals surface area contributed by atoms with Crippen LogP contribution in [0.5, 0.6) is 0 Å². The first-order chi connectivity index (χ1) is 37.2. The van der Waals surface area contributed by atoms with E-state index < -0.39 is 0 Å². The fourth-order valence-corrected chi connectivity index (χ4v) is 12.0. The van der Waals surface area contributed by atoms with E-state index in [4.69, 9.17) is 4.99 Å². The number of para-hydroxylation sites is 1. The fourth-order valence-electron chi connectivity index (χ4n) is 12.0. The van der Waals surface area contributed by atoms with Crippen molar-refractivity contribution in [3.05, 3.63) is 290 Å². The first kappa shape index (κ1) is 42.8. The Bertz CT molecular complexity index is 4550. The first-order valence-corrected chi connectivity index (χ1v) is 25.9. The molecular formula is C72H47N3. The lowest BCUT2D eigenvalue weighted by Crippen LogP contribution is -2.20. The van der Waals surface area contributed by atoms with Gasteiger partial charge in [-0.1, -0.05) is 218 Å². The molecule has 0 saturated carbocycles. The van der Waals surface area contributed by atoms with Gasteiger partial charge in [0.05, 0.1) is 16.7 Å². The number of nitrogens with zero attached hydrogens (tertiary/aromatic N) is 2. The van der Waals surface area contributed by atoms with Gasteiger partial charge in [-0.05, 0) is 142 Å². The number of hydrogen-bond acceptors (Lipinski definition) is 2. The molecule has 15 rings (SSSR count). The van der Waals surface area contributed by atoms with Crippen molar-refractivity contribution in [3.63, 3.8) is 0 Å². The van der Waals surface area contributed by atoms with Gasteiger partial charge in [0.25, 0.3) is 0 Å². The number of hydrogen-bond donors (Lipinski definition) is 1. The summed E-state index contributed by atoms with van der Waals surface area (Å²) in [5.74, 6) is 0. The maximum Gasteiger partial charge on any atom is 0.146 e. The minimum absolute atomic E-state index is 0.310. The zero-order valence-corrected chi connectivity index (χ0v) is 41.0. The monoisotopic (exact) mass is 953 g/mol. The van der Waals surface area contributed by atoms with Crippen LogP contribution >= 0.6 is 0 Å². The van der Waals surface area contributed by atoms with Crippen LogP contribution in [0.4, 0.5) is 5.69 Å². The Labute approximate surface area is 435 Å². The molecule has 13 aromatic carbocycles. The molecule has 1 aliphatic rings. The quantitative estimate of drug-likeness (QED) is 0.169. The zero-order chi connectivity index (χ0) is 49.4. The van der Waals surface area contributed by atoms with Crippen LogP contribution in [0, 0.1) is 0 Å². The van der Waals surface area contributed by atoms with E-state index in [2.05, 4.69) is 283 Å². The van der Waals surface area contributed by atoms with Gasteiger partial charge >= 0.3 is 0 Å². The smallest absolute Gasteiger partial charge is 0.146 e. The number of aliphatic imine (C=N–C) groups is 1. The van der Waals surface area contributed by atoms with Crippen LogP contribution in [-0.4, -0.2) is 10.3 Å². The molecule has 0 fully saturated rings. The normalized spacial score (nSPS) is 13.4. The van der Waals surface area contributed by atoms with Crippen molar-refractivity contribution in [1.29, 1.82) is 0 Å². The highest BCUT2D eigenvalue weighted by Crippen LogP contribution is 2.45. The predicted molar refractivity (Wildman–Crippen MR) is 317 cm³/mol. The highest BCUT2D eigenvalue weighted by atomic mass is 15.1. The van der Waals surface area contributed by atoms with Gasteiger partial charge < -0.3 is 9.88 Å². The van der Waals surface area contributed by atoms with E-state index in [1.54, 1.807) is 0 Å².